The molecule has 0 saturated heterocycles. The summed E-state index contributed by atoms with van der Waals surface area (Å²) >= 11 is 0. The lowest BCUT2D eigenvalue weighted by atomic mass is 9.82. The van der Waals surface area contributed by atoms with E-state index in [1.54, 1.807) is 0 Å². The van der Waals surface area contributed by atoms with Crippen molar-refractivity contribution in [1.29, 1.82) is 0 Å². The molecule has 1 saturated carbocycles. The molecule has 0 aromatic carbocycles. The number of carbonyl (C=O) groups is 2. The molecule has 4 heteroatoms. The fourth-order valence-electron chi connectivity index (χ4n) is 2.11. The zero-order valence-corrected chi connectivity index (χ0v) is 10.8. The Labute approximate surface area is 103 Å². The molecule has 0 spiro atoms. The summed E-state index contributed by atoms with van der Waals surface area (Å²) in [5, 5.41) is 8.82. The number of carboxylic acids is 1. The lowest BCUT2D eigenvalue weighted by Gasteiger charge is -2.29. The van der Waals surface area contributed by atoms with E-state index in [-0.39, 0.29) is 18.5 Å². The average molecular weight is 241 g/mol. The van der Waals surface area contributed by atoms with Crippen LogP contribution in [0.15, 0.2) is 0 Å². The third kappa shape index (κ3) is 4.36. The van der Waals surface area contributed by atoms with Gasteiger partial charge in [0.1, 0.15) is 6.54 Å². The summed E-state index contributed by atoms with van der Waals surface area (Å²) in [6.07, 6.45) is 5.96. The van der Waals surface area contributed by atoms with Gasteiger partial charge in [-0.25, -0.2) is 0 Å². The Morgan fingerprint density at radius 3 is 2.47 bits per heavy atom. The molecule has 0 heterocycles. The normalized spacial score (nSPS) is 17.3. The van der Waals surface area contributed by atoms with Crippen molar-refractivity contribution in [2.45, 2.75) is 58.4 Å². The lowest BCUT2D eigenvalue weighted by molar-refractivity contribution is -0.146. The van der Waals surface area contributed by atoms with Crippen LogP contribution in [0.2, 0.25) is 0 Å². The number of aliphatic carboxylic acids is 1. The second kappa shape index (κ2) is 6.62. The van der Waals surface area contributed by atoms with E-state index in [2.05, 4.69) is 0 Å². The Balaban J connectivity index is 2.42. The summed E-state index contributed by atoms with van der Waals surface area (Å²) < 4.78 is 0. The summed E-state index contributed by atoms with van der Waals surface area (Å²) in [5.74, 6) is -0.237. The largest absolute Gasteiger partial charge is 0.480 e. The Morgan fingerprint density at radius 2 is 2.06 bits per heavy atom. The quantitative estimate of drug-likeness (QED) is 0.744. The number of rotatable bonds is 7. The van der Waals surface area contributed by atoms with Crippen LogP contribution in [0.1, 0.15) is 52.4 Å². The average Bonchev–Trinajstić information content (AvgIpc) is 2.22. The van der Waals surface area contributed by atoms with E-state index < -0.39 is 5.97 Å². The van der Waals surface area contributed by atoms with Gasteiger partial charge in [0, 0.05) is 12.5 Å². The van der Waals surface area contributed by atoms with Crippen LogP contribution in [0.4, 0.5) is 0 Å². The van der Waals surface area contributed by atoms with Gasteiger partial charge < -0.3 is 10.0 Å². The number of hydrogen-bond acceptors (Lipinski definition) is 2. The van der Waals surface area contributed by atoms with Crippen LogP contribution in [0.3, 0.4) is 0 Å². The second-order valence-corrected chi connectivity index (χ2v) is 5.01. The van der Waals surface area contributed by atoms with Gasteiger partial charge in [-0.2, -0.15) is 0 Å². The van der Waals surface area contributed by atoms with Crippen LogP contribution in [0.5, 0.6) is 0 Å². The van der Waals surface area contributed by atoms with Gasteiger partial charge in [-0.15, -0.1) is 0 Å². The molecule has 98 valence electrons. The van der Waals surface area contributed by atoms with Crippen molar-refractivity contribution in [3.8, 4) is 0 Å². The van der Waals surface area contributed by atoms with Crippen molar-refractivity contribution >= 4 is 11.9 Å². The van der Waals surface area contributed by atoms with Crippen molar-refractivity contribution in [3.05, 3.63) is 0 Å². The predicted octanol–water partition coefficient (Wildman–Crippen LogP) is 2.28. The number of carbonyl (C=O) groups excluding carboxylic acids is 1. The summed E-state index contributed by atoms with van der Waals surface area (Å²) in [6, 6.07) is 0.0139. The van der Waals surface area contributed by atoms with Crippen LogP contribution < -0.4 is 0 Å². The highest BCUT2D eigenvalue weighted by atomic mass is 16.4. The first-order valence-electron chi connectivity index (χ1n) is 6.55. The van der Waals surface area contributed by atoms with Gasteiger partial charge in [0.2, 0.25) is 5.91 Å². The molecular weight excluding hydrogens is 218 g/mol. The zero-order valence-electron chi connectivity index (χ0n) is 10.8. The van der Waals surface area contributed by atoms with Gasteiger partial charge in [0.25, 0.3) is 0 Å². The third-order valence-electron chi connectivity index (χ3n) is 3.74. The minimum Gasteiger partial charge on any atom is -0.480 e. The lowest BCUT2D eigenvalue weighted by Crippen LogP contribution is -2.42. The molecule has 1 rings (SSSR count). The molecule has 0 aliphatic heterocycles. The fourth-order valence-corrected chi connectivity index (χ4v) is 2.11. The second-order valence-electron chi connectivity index (χ2n) is 5.01. The van der Waals surface area contributed by atoms with Crippen LogP contribution in [-0.2, 0) is 9.59 Å². The molecule has 1 unspecified atom stereocenters. The molecule has 0 aromatic heterocycles. The first kappa shape index (κ1) is 14.0. The van der Waals surface area contributed by atoms with E-state index in [1.807, 2.05) is 13.8 Å². The minimum atomic E-state index is -0.928. The molecule has 1 atom stereocenters. The Kier molecular flexibility index (Phi) is 5.45. The van der Waals surface area contributed by atoms with E-state index in [9.17, 15) is 9.59 Å². The van der Waals surface area contributed by atoms with Gasteiger partial charge >= 0.3 is 5.97 Å². The molecular formula is C13H23NO3. The molecule has 0 radical (unpaired) electrons. The molecule has 1 aliphatic carbocycles. The number of amides is 1. The molecule has 1 fully saturated rings. The summed E-state index contributed by atoms with van der Waals surface area (Å²) in [4.78, 5) is 24.2. The van der Waals surface area contributed by atoms with Crippen molar-refractivity contribution < 1.29 is 14.7 Å². The fraction of sp³-hybridized carbons (Fsp3) is 0.846. The Hall–Kier alpha value is -1.06. The number of carboxylic acid groups (broad SMARTS) is 1. The highest BCUT2D eigenvalue weighted by Gasteiger charge is 2.24. The summed E-state index contributed by atoms with van der Waals surface area (Å²) in [6.45, 7) is 3.71. The first-order chi connectivity index (χ1) is 8.04. The van der Waals surface area contributed by atoms with E-state index in [0.717, 1.165) is 12.8 Å². The molecule has 0 bridgehead atoms. The van der Waals surface area contributed by atoms with Gasteiger partial charge in [0.05, 0.1) is 0 Å². The molecule has 4 nitrogen and oxygen atoms in total. The smallest absolute Gasteiger partial charge is 0.323 e. The maximum atomic E-state index is 12.0. The van der Waals surface area contributed by atoms with Crippen LogP contribution in [-0.4, -0.2) is 34.5 Å². The van der Waals surface area contributed by atoms with Crippen molar-refractivity contribution in [1.82, 2.24) is 4.90 Å². The number of hydrogen-bond donors (Lipinski definition) is 1. The van der Waals surface area contributed by atoms with E-state index in [0.29, 0.717) is 12.3 Å². The molecule has 1 N–H and O–H groups in total. The Bertz CT molecular complexity index is 274. The van der Waals surface area contributed by atoms with Crippen LogP contribution in [0, 0.1) is 5.92 Å². The molecule has 0 aromatic rings. The van der Waals surface area contributed by atoms with E-state index >= 15 is 0 Å². The van der Waals surface area contributed by atoms with Crippen molar-refractivity contribution in [2.75, 3.05) is 6.54 Å². The highest BCUT2D eigenvalue weighted by Crippen LogP contribution is 2.30. The molecule has 1 aliphatic rings. The highest BCUT2D eigenvalue weighted by molar-refractivity contribution is 5.81. The molecule has 17 heavy (non-hydrogen) atoms. The monoisotopic (exact) mass is 241 g/mol. The van der Waals surface area contributed by atoms with Gasteiger partial charge in [-0.1, -0.05) is 26.2 Å². The Morgan fingerprint density at radius 1 is 1.41 bits per heavy atom. The van der Waals surface area contributed by atoms with Gasteiger partial charge in [0.15, 0.2) is 0 Å². The minimum absolute atomic E-state index is 0.00588. The zero-order chi connectivity index (χ0) is 12.8. The van der Waals surface area contributed by atoms with Crippen molar-refractivity contribution in [2.24, 2.45) is 5.92 Å². The van der Waals surface area contributed by atoms with Gasteiger partial charge in [-0.05, 0) is 25.7 Å². The predicted molar refractivity (Wildman–Crippen MR) is 65.7 cm³/mol. The topological polar surface area (TPSA) is 57.6 Å². The standard InChI is InChI=1S/C13H23NO3/c1-3-10(2)14(9-13(16)17)12(15)8-7-11-5-4-6-11/h10-11H,3-9H2,1-2H3,(H,16,17). The first-order valence-corrected chi connectivity index (χ1v) is 6.55. The van der Waals surface area contributed by atoms with Gasteiger partial charge in [-0.3, -0.25) is 9.59 Å². The van der Waals surface area contributed by atoms with Crippen LogP contribution in [0.25, 0.3) is 0 Å². The van der Waals surface area contributed by atoms with Crippen LogP contribution >= 0.6 is 0 Å². The molecule has 1 amide bonds. The number of nitrogens with zero attached hydrogens (tertiary/aromatic N) is 1. The summed E-state index contributed by atoms with van der Waals surface area (Å²) in [5.41, 5.74) is 0. The maximum Gasteiger partial charge on any atom is 0.323 e. The van der Waals surface area contributed by atoms with E-state index in [4.69, 9.17) is 5.11 Å². The van der Waals surface area contributed by atoms with E-state index in [1.165, 1.54) is 24.2 Å². The SMILES string of the molecule is CCC(C)N(CC(=O)O)C(=O)CCC1CCC1. The summed E-state index contributed by atoms with van der Waals surface area (Å²) in [7, 11) is 0. The third-order valence-corrected chi connectivity index (χ3v) is 3.74. The van der Waals surface area contributed by atoms with Crippen molar-refractivity contribution in [3.63, 3.8) is 0 Å². The maximum absolute atomic E-state index is 12.0.